The third-order valence-corrected chi connectivity index (χ3v) is 8.47. The van der Waals surface area contributed by atoms with Crippen LogP contribution in [0.15, 0.2) is 36.9 Å². The predicted molar refractivity (Wildman–Crippen MR) is 179 cm³/mol. The highest BCUT2D eigenvalue weighted by atomic mass is 16.6. The van der Waals surface area contributed by atoms with Crippen molar-refractivity contribution in [1.29, 1.82) is 0 Å². The minimum absolute atomic E-state index is 0.00722. The second kappa shape index (κ2) is 18.0. The molecule has 0 bridgehead atoms. The monoisotopic (exact) mass is 670 g/mol. The second-order valence-electron chi connectivity index (χ2n) is 11.6. The number of benzene rings is 2. The molecule has 2 heterocycles. The normalized spacial score (nSPS) is 17.4. The van der Waals surface area contributed by atoms with Crippen molar-refractivity contribution in [2.75, 3.05) is 52.4 Å². The van der Waals surface area contributed by atoms with E-state index in [9.17, 15) is 34.7 Å². The Morgan fingerprint density at radius 3 is 1.88 bits per heavy atom. The highest BCUT2D eigenvalue weighted by Gasteiger charge is 2.32. The Morgan fingerprint density at radius 1 is 0.896 bits per heavy atom. The van der Waals surface area contributed by atoms with Gasteiger partial charge in [-0.15, -0.1) is 0 Å². The van der Waals surface area contributed by atoms with Crippen LogP contribution in [-0.4, -0.2) is 102 Å². The summed E-state index contributed by atoms with van der Waals surface area (Å²) in [6.45, 7) is 7.93. The van der Waals surface area contributed by atoms with Crippen molar-refractivity contribution in [3.05, 3.63) is 69.3 Å². The van der Waals surface area contributed by atoms with E-state index in [0.717, 1.165) is 37.7 Å². The molecule has 2 atom stereocenters. The van der Waals surface area contributed by atoms with Crippen LogP contribution in [0.25, 0.3) is 0 Å². The minimum atomic E-state index is -0.666. The van der Waals surface area contributed by atoms with E-state index in [-0.39, 0.29) is 49.1 Å². The van der Waals surface area contributed by atoms with Gasteiger partial charge in [0.15, 0.2) is 0 Å². The van der Waals surface area contributed by atoms with Crippen molar-refractivity contribution < 1.29 is 43.7 Å². The molecule has 0 saturated carbocycles. The highest BCUT2D eigenvalue weighted by molar-refractivity contribution is 6.03. The summed E-state index contributed by atoms with van der Waals surface area (Å²) >= 11 is 0. The Morgan fingerprint density at radius 2 is 1.40 bits per heavy atom. The van der Waals surface area contributed by atoms with Crippen LogP contribution in [0.4, 0.5) is 16.2 Å². The summed E-state index contributed by atoms with van der Waals surface area (Å²) in [4.78, 5) is 51.7. The number of nitro benzene ring substituents is 1. The van der Waals surface area contributed by atoms with E-state index in [1.54, 1.807) is 24.0 Å². The molecule has 48 heavy (non-hydrogen) atoms. The van der Waals surface area contributed by atoms with Crippen LogP contribution in [-0.2, 0) is 4.74 Å². The number of aryl methyl sites for hydroxylation is 2. The van der Waals surface area contributed by atoms with Gasteiger partial charge in [-0.05, 0) is 75.6 Å². The van der Waals surface area contributed by atoms with Crippen LogP contribution in [0.1, 0.15) is 70.4 Å². The zero-order valence-electron chi connectivity index (χ0n) is 28.0. The van der Waals surface area contributed by atoms with Crippen molar-refractivity contribution >= 4 is 29.3 Å². The minimum Gasteiger partial charge on any atom is -0.496 e. The standard InChI is InChI=1S/C19H26N2O5.C15H20N2O5/c1-4-9-26-19(24)20-16-10-13(2)17(25-3)11-15(16)18(23)21-8-6-5-7-14(21)12-22;1-10-7-13(17(20)21)12(8-14(10)22-2)15(19)16-6-4-3-5-11(16)9-18/h4,10-11,14,22H,1,5-9,12H2,2-3H3,(H,20,24);7-8,11,18H,3-6,9H2,1-2H3/t14-;11-/m00/s1. The van der Waals surface area contributed by atoms with E-state index >= 15 is 0 Å². The van der Waals surface area contributed by atoms with Crippen LogP contribution in [0.5, 0.6) is 11.5 Å². The van der Waals surface area contributed by atoms with Crippen LogP contribution >= 0.6 is 0 Å². The molecule has 2 aromatic rings. The average Bonchev–Trinajstić information content (AvgIpc) is 3.10. The molecule has 2 saturated heterocycles. The van der Waals surface area contributed by atoms with Crippen LogP contribution in [0, 0.1) is 24.0 Å². The maximum Gasteiger partial charge on any atom is 0.411 e. The van der Waals surface area contributed by atoms with Crippen molar-refractivity contribution in [2.45, 2.75) is 64.5 Å². The van der Waals surface area contributed by atoms with Gasteiger partial charge < -0.3 is 34.2 Å². The van der Waals surface area contributed by atoms with E-state index in [4.69, 9.17) is 14.2 Å². The Balaban J connectivity index is 0.000000264. The van der Waals surface area contributed by atoms with E-state index in [2.05, 4.69) is 11.9 Å². The number of rotatable bonds is 10. The smallest absolute Gasteiger partial charge is 0.411 e. The molecule has 2 aliphatic heterocycles. The molecule has 0 aromatic heterocycles. The predicted octanol–water partition coefficient (Wildman–Crippen LogP) is 4.62. The van der Waals surface area contributed by atoms with Crippen LogP contribution in [0.3, 0.4) is 0 Å². The number of methoxy groups -OCH3 is 2. The van der Waals surface area contributed by atoms with Gasteiger partial charge in [0, 0.05) is 25.2 Å². The van der Waals surface area contributed by atoms with E-state index < -0.39 is 16.9 Å². The van der Waals surface area contributed by atoms with Crippen molar-refractivity contribution in [2.24, 2.45) is 0 Å². The first-order chi connectivity index (χ1) is 23.0. The maximum absolute atomic E-state index is 13.1. The molecule has 14 heteroatoms. The third-order valence-electron chi connectivity index (χ3n) is 8.47. The Hall–Kier alpha value is -4.69. The van der Waals surface area contributed by atoms with Gasteiger partial charge in [-0.2, -0.15) is 0 Å². The first-order valence-electron chi connectivity index (χ1n) is 15.9. The zero-order valence-corrected chi connectivity index (χ0v) is 28.0. The zero-order chi connectivity index (χ0) is 35.4. The number of piperidine rings is 2. The fourth-order valence-electron chi connectivity index (χ4n) is 5.91. The number of anilines is 1. The van der Waals surface area contributed by atoms with Gasteiger partial charge in [0.05, 0.1) is 55.7 Å². The van der Waals surface area contributed by atoms with Gasteiger partial charge in [-0.1, -0.05) is 12.7 Å². The molecule has 0 aliphatic carbocycles. The molecule has 0 unspecified atom stereocenters. The lowest BCUT2D eigenvalue weighted by Gasteiger charge is -2.35. The molecular weight excluding hydrogens is 624 g/mol. The topological polar surface area (TPSA) is 181 Å². The molecule has 4 rings (SSSR count). The first kappa shape index (κ1) is 37.8. The lowest BCUT2D eigenvalue weighted by atomic mass is 10.00. The fraction of sp³-hybridized carbons (Fsp3) is 0.500. The van der Waals surface area contributed by atoms with E-state index in [0.29, 0.717) is 47.8 Å². The Kier molecular flexibility index (Phi) is 14.2. The first-order valence-corrected chi connectivity index (χ1v) is 15.9. The summed E-state index contributed by atoms with van der Waals surface area (Å²) in [6, 6.07) is 5.56. The van der Waals surface area contributed by atoms with Crippen LogP contribution in [0.2, 0.25) is 0 Å². The largest absolute Gasteiger partial charge is 0.496 e. The molecule has 3 N–H and O–H groups in total. The summed E-state index contributed by atoms with van der Waals surface area (Å²) in [5.41, 5.74) is 1.81. The number of aliphatic hydroxyl groups excluding tert-OH is 2. The Labute approximate surface area is 280 Å². The maximum atomic E-state index is 13.1. The van der Waals surface area contributed by atoms with E-state index in [1.807, 2.05) is 6.92 Å². The van der Waals surface area contributed by atoms with Gasteiger partial charge in [-0.25, -0.2) is 4.79 Å². The summed E-state index contributed by atoms with van der Waals surface area (Å²) < 4.78 is 15.4. The molecule has 0 radical (unpaired) electrons. The molecule has 2 aromatic carbocycles. The number of hydrogen-bond donors (Lipinski definition) is 3. The number of nitrogens with one attached hydrogen (secondary N) is 1. The summed E-state index contributed by atoms with van der Waals surface area (Å²) in [5.74, 6) is 0.312. The van der Waals surface area contributed by atoms with Crippen LogP contribution < -0.4 is 14.8 Å². The number of hydrogen-bond acceptors (Lipinski definition) is 10. The second-order valence-corrected chi connectivity index (χ2v) is 11.6. The van der Waals surface area contributed by atoms with Crippen molar-refractivity contribution in [1.82, 2.24) is 9.80 Å². The number of nitrogens with zero attached hydrogens (tertiary/aromatic N) is 3. The summed E-state index contributed by atoms with van der Waals surface area (Å²) in [6.07, 6.45) is 5.90. The van der Waals surface area contributed by atoms with Crippen molar-refractivity contribution in [3.63, 3.8) is 0 Å². The molecule has 2 aliphatic rings. The van der Waals surface area contributed by atoms with Crippen molar-refractivity contribution in [3.8, 4) is 11.5 Å². The number of likely N-dealkylation sites (tertiary alicyclic amines) is 2. The number of nitro groups is 1. The van der Waals surface area contributed by atoms with Gasteiger partial charge >= 0.3 is 6.09 Å². The highest BCUT2D eigenvalue weighted by Crippen LogP contribution is 2.32. The molecule has 0 spiro atoms. The van der Waals surface area contributed by atoms with Gasteiger partial charge in [0.2, 0.25) is 0 Å². The number of amides is 3. The summed E-state index contributed by atoms with van der Waals surface area (Å²) in [7, 11) is 2.99. The molecular formula is C34H46N4O10. The molecule has 3 amide bonds. The quantitative estimate of drug-likeness (QED) is 0.183. The van der Waals surface area contributed by atoms with E-state index in [1.165, 1.54) is 37.3 Å². The number of aliphatic hydroxyl groups is 2. The molecule has 2 fully saturated rings. The van der Waals surface area contributed by atoms with Gasteiger partial charge in [0.25, 0.3) is 17.5 Å². The molecule has 262 valence electrons. The molecule has 14 nitrogen and oxygen atoms in total. The van der Waals surface area contributed by atoms with Gasteiger partial charge in [0.1, 0.15) is 23.7 Å². The number of ether oxygens (including phenoxy) is 3. The fourth-order valence-corrected chi connectivity index (χ4v) is 5.91. The third kappa shape index (κ3) is 9.22. The number of carbonyl (C=O) groups is 3. The average molecular weight is 671 g/mol. The van der Waals surface area contributed by atoms with Gasteiger partial charge in [-0.3, -0.25) is 25.0 Å². The SMILES string of the molecule is C=CCOC(=O)Nc1cc(C)c(OC)cc1C(=O)N1CCCC[C@H]1CO.COc1cc(C(=O)N2CCCC[C@H]2CO)c([N+](=O)[O-])cc1C. The lowest BCUT2D eigenvalue weighted by Crippen LogP contribution is -2.45. The lowest BCUT2D eigenvalue weighted by molar-refractivity contribution is -0.385. The summed E-state index contributed by atoms with van der Waals surface area (Å²) in [5, 5.41) is 32.9. The number of carbonyl (C=O) groups excluding carboxylic acids is 3. The Bertz CT molecular complexity index is 1480.